The molecule has 2 aromatic rings. The number of ketones is 1. The van der Waals surface area contributed by atoms with Crippen LogP contribution in [0.2, 0.25) is 0 Å². The van der Waals surface area contributed by atoms with Crippen molar-refractivity contribution in [1.82, 2.24) is 20.8 Å². The SMILES string of the molecule is CSc1nnc(C(=O)[C@H](CC(C)C)NC(=O)[C@@H]2CCCC[C@@H]2NC(=O)c2ccccc2)o1. The summed E-state index contributed by atoms with van der Waals surface area (Å²) < 4.78 is 5.39. The van der Waals surface area contributed by atoms with Crippen molar-refractivity contribution >= 4 is 29.4 Å². The summed E-state index contributed by atoms with van der Waals surface area (Å²) in [5.41, 5.74) is 0.561. The Balaban J connectivity index is 1.71. The van der Waals surface area contributed by atoms with Gasteiger partial charge in [0, 0.05) is 11.6 Å². The van der Waals surface area contributed by atoms with E-state index in [9.17, 15) is 14.4 Å². The quantitative estimate of drug-likeness (QED) is 0.437. The summed E-state index contributed by atoms with van der Waals surface area (Å²) in [5.74, 6) is -1.14. The van der Waals surface area contributed by atoms with Crippen LogP contribution in [-0.4, -0.2) is 46.1 Å². The number of aromatic nitrogens is 2. The number of Topliss-reactive ketones (excluding diaryl/α,β-unsaturated/α-hetero) is 1. The number of nitrogens with zero attached hydrogens (tertiary/aromatic N) is 2. The molecule has 3 rings (SSSR count). The second-order valence-electron chi connectivity index (χ2n) is 8.47. The first-order chi connectivity index (χ1) is 15.4. The summed E-state index contributed by atoms with van der Waals surface area (Å²) in [6.07, 6.45) is 5.46. The largest absolute Gasteiger partial charge is 0.408 e. The Morgan fingerprint density at radius 1 is 1.12 bits per heavy atom. The van der Waals surface area contributed by atoms with Crippen LogP contribution in [0.1, 0.15) is 67.0 Å². The Labute approximate surface area is 192 Å². The van der Waals surface area contributed by atoms with Gasteiger partial charge in [0.2, 0.25) is 11.7 Å². The second-order valence-corrected chi connectivity index (χ2v) is 9.23. The molecule has 2 amide bonds. The van der Waals surface area contributed by atoms with Crippen LogP contribution in [0.25, 0.3) is 0 Å². The van der Waals surface area contributed by atoms with E-state index in [2.05, 4.69) is 20.8 Å². The number of hydrogen-bond donors (Lipinski definition) is 2. The monoisotopic (exact) mass is 458 g/mol. The van der Waals surface area contributed by atoms with Crippen molar-refractivity contribution in [2.75, 3.05) is 6.26 Å². The van der Waals surface area contributed by atoms with Crippen LogP contribution in [0.15, 0.2) is 40.0 Å². The normalized spacial score (nSPS) is 19.4. The standard InChI is InChI=1S/C23H30N4O4S/c1-14(2)13-18(19(28)22-26-27-23(31-22)32-3)25-21(30)16-11-7-8-12-17(16)24-20(29)15-9-5-4-6-10-15/h4-6,9-10,14,16-18H,7-8,11-13H2,1-3H3,(H,24,29)(H,25,30)/t16-,17+,18+/m1/s1. The van der Waals surface area contributed by atoms with Crippen molar-refractivity contribution in [3.05, 3.63) is 41.8 Å². The van der Waals surface area contributed by atoms with Gasteiger partial charge in [-0.05, 0) is 43.6 Å². The summed E-state index contributed by atoms with van der Waals surface area (Å²) in [7, 11) is 0. The number of hydrogen-bond acceptors (Lipinski definition) is 7. The van der Waals surface area contributed by atoms with Gasteiger partial charge in [0.15, 0.2) is 0 Å². The van der Waals surface area contributed by atoms with Crippen molar-refractivity contribution in [1.29, 1.82) is 0 Å². The average molecular weight is 459 g/mol. The molecule has 172 valence electrons. The Kier molecular flexibility index (Phi) is 8.44. The number of rotatable bonds is 9. The van der Waals surface area contributed by atoms with Crippen LogP contribution >= 0.6 is 11.8 Å². The van der Waals surface area contributed by atoms with Gasteiger partial charge in [-0.15, -0.1) is 10.2 Å². The Morgan fingerprint density at radius 2 is 1.84 bits per heavy atom. The van der Waals surface area contributed by atoms with Crippen molar-refractivity contribution in [3.63, 3.8) is 0 Å². The number of carbonyl (C=O) groups is 3. The highest BCUT2D eigenvalue weighted by atomic mass is 32.2. The lowest BCUT2D eigenvalue weighted by Gasteiger charge is -2.32. The van der Waals surface area contributed by atoms with Gasteiger partial charge < -0.3 is 15.1 Å². The maximum atomic E-state index is 13.2. The average Bonchev–Trinajstić information content (AvgIpc) is 3.28. The van der Waals surface area contributed by atoms with Crippen LogP contribution in [0, 0.1) is 11.8 Å². The van der Waals surface area contributed by atoms with Gasteiger partial charge >= 0.3 is 0 Å². The fraction of sp³-hybridized carbons (Fsp3) is 0.522. The van der Waals surface area contributed by atoms with Crippen molar-refractivity contribution in [2.24, 2.45) is 11.8 Å². The highest BCUT2D eigenvalue weighted by Gasteiger charge is 2.35. The van der Waals surface area contributed by atoms with Crippen LogP contribution in [-0.2, 0) is 4.79 Å². The number of amides is 2. The van der Waals surface area contributed by atoms with E-state index in [1.165, 1.54) is 11.8 Å². The number of nitrogens with one attached hydrogen (secondary N) is 2. The lowest BCUT2D eigenvalue weighted by molar-refractivity contribution is -0.127. The Morgan fingerprint density at radius 3 is 2.50 bits per heavy atom. The number of carbonyl (C=O) groups excluding carboxylic acids is 3. The number of benzene rings is 1. The zero-order valence-electron chi connectivity index (χ0n) is 18.7. The highest BCUT2D eigenvalue weighted by molar-refractivity contribution is 7.98. The van der Waals surface area contributed by atoms with E-state index in [1.54, 1.807) is 18.4 Å². The fourth-order valence-electron chi connectivity index (χ4n) is 3.98. The Hall–Kier alpha value is -2.68. The van der Waals surface area contributed by atoms with E-state index in [1.807, 2.05) is 32.0 Å². The van der Waals surface area contributed by atoms with Gasteiger partial charge in [0.1, 0.15) is 0 Å². The molecule has 8 nitrogen and oxygen atoms in total. The maximum Gasteiger partial charge on any atom is 0.286 e. The first kappa shape index (κ1) is 24.0. The second kappa shape index (κ2) is 11.3. The lowest BCUT2D eigenvalue weighted by atomic mass is 9.83. The molecule has 1 saturated carbocycles. The third kappa shape index (κ3) is 6.18. The van der Waals surface area contributed by atoms with E-state index in [-0.39, 0.29) is 35.4 Å². The van der Waals surface area contributed by atoms with Crippen LogP contribution in [0.3, 0.4) is 0 Å². The van der Waals surface area contributed by atoms with Crippen molar-refractivity contribution < 1.29 is 18.8 Å². The molecule has 0 saturated heterocycles. The Bertz CT molecular complexity index is 931. The van der Waals surface area contributed by atoms with Gasteiger partial charge in [-0.2, -0.15) is 0 Å². The summed E-state index contributed by atoms with van der Waals surface area (Å²) in [6, 6.07) is 7.92. The maximum absolute atomic E-state index is 13.2. The molecule has 1 aliphatic carbocycles. The molecule has 1 aromatic heterocycles. The van der Waals surface area contributed by atoms with Crippen LogP contribution in [0.5, 0.6) is 0 Å². The van der Waals surface area contributed by atoms with E-state index < -0.39 is 12.0 Å². The summed E-state index contributed by atoms with van der Waals surface area (Å²) in [4.78, 5) is 38.9. The van der Waals surface area contributed by atoms with E-state index >= 15 is 0 Å². The molecule has 0 radical (unpaired) electrons. The molecule has 1 heterocycles. The van der Waals surface area contributed by atoms with Gasteiger partial charge in [-0.1, -0.05) is 56.7 Å². The minimum atomic E-state index is -0.759. The molecule has 32 heavy (non-hydrogen) atoms. The summed E-state index contributed by atoms with van der Waals surface area (Å²) in [5, 5.41) is 13.9. The molecule has 0 unspecified atom stereocenters. The molecule has 0 aliphatic heterocycles. The minimum absolute atomic E-state index is 0.0992. The van der Waals surface area contributed by atoms with Gasteiger partial charge in [0.25, 0.3) is 17.0 Å². The molecule has 1 aliphatic rings. The van der Waals surface area contributed by atoms with Gasteiger partial charge in [-0.3, -0.25) is 14.4 Å². The van der Waals surface area contributed by atoms with E-state index in [0.29, 0.717) is 23.6 Å². The smallest absolute Gasteiger partial charge is 0.286 e. The minimum Gasteiger partial charge on any atom is -0.408 e. The molecular formula is C23H30N4O4S. The molecular weight excluding hydrogens is 428 g/mol. The molecule has 1 aromatic carbocycles. The van der Waals surface area contributed by atoms with Crippen molar-refractivity contribution in [2.45, 2.75) is 63.3 Å². The molecule has 1 fully saturated rings. The third-order valence-corrected chi connectivity index (χ3v) is 6.10. The topological polar surface area (TPSA) is 114 Å². The van der Waals surface area contributed by atoms with E-state index in [4.69, 9.17) is 4.42 Å². The highest BCUT2D eigenvalue weighted by Crippen LogP contribution is 2.26. The lowest BCUT2D eigenvalue weighted by Crippen LogP contribution is -2.52. The van der Waals surface area contributed by atoms with Gasteiger partial charge in [-0.25, -0.2) is 0 Å². The van der Waals surface area contributed by atoms with Gasteiger partial charge in [0.05, 0.1) is 12.0 Å². The predicted molar refractivity (Wildman–Crippen MR) is 121 cm³/mol. The zero-order chi connectivity index (χ0) is 23.1. The number of thioether (sulfide) groups is 1. The summed E-state index contributed by atoms with van der Waals surface area (Å²) in [6.45, 7) is 3.97. The summed E-state index contributed by atoms with van der Waals surface area (Å²) >= 11 is 1.25. The van der Waals surface area contributed by atoms with Crippen LogP contribution in [0.4, 0.5) is 0 Å². The fourth-order valence-corrected chi connectivity index (χ4v) is 4.27. The molecule has 9 heteroatoms. The van der Waals surface area contributed by atoms with Crippen LogP contribution < -0.4 is 10.6 Å². The molecule has 2 N–H and O–H groups in total. The predicted octanol–water partition coefficient (Wildman–Crippen LogP) is 3.49. The third-order valence-electron chi connectivity index (χ3n) is 5.59. The zero-order valence-corrected chi connectivity index (χ0v) is 19.5. The first-order valence-electron chi connectivity index (χ1n) is 11.0. The molecule has 0 bridgehead atoms. The molecule has 0 spiro atoms. The van der Waals surface area contributed by atoms with Crippen molar-refractivity contribution in [3.8, 4) is 0 Å². The first-order valence-corrected chi connectivity index (χ1v) is 12.2. The molecule has 3 atom stereocenters. The van der Waals surface area contributed by atoms with E-state index in [0.717, 1.165) is 19.3 Å².